The molecule has 144 valence electrons. The normalized spacial score (nSPS) is 18.3. The summed E-state index contributed by atoms with van der Waals surface area (Å²) in [5.74, 6) is 0.475. The highest BCUT2D eigenvalue weighted by Gasteiger charge is 2.23. The zero-order valence-electron chi connectivity index (χ0n) is 15.0. The molecule has 1 N–H and O–H groups in total. The van der Waals surface area contributed by atoms with Gasteiger partial charge in [0, 0.05) is 39.3 Å². The van der Waals surface area contributed by atoms with Crippen molar-refractivity contribution >= 4 is 40.0 Å². The molecular formula is C16H25N5O3S2. The van der Waals surface area contributed by atoms with E-state index in [4.69, 9.17) is 4.74 Å². The zero-order valence-corrected chi connectivity index (χ0v) is 16.6. The predicted molar refractivity (Wildman–Crippen MR) is 102 cm³/mol. The van der Waals surface area contributed by atoms with Crippen molar-refractivity contribution in [3.8, 4) is 0 Å². The third-order valence-corrected chi connectivity index (χ3v) is 6.73. The molecule has 1 aromatic rings. The van der Waals surface area contributed by atoms with Crippen LogP contribution in [-0.4, -0.2) is 78.6 Å². The van der Waals surface area contributed by atoms with Crippen molar-refractivity contribution in [2.75, 3.05) is 50.5 Å². The van der Waals surface area contributed by atoms with Crippen LogP contribution < -0.4 is 10.2 Å². The van der Waals surface area contributed by atoms with Crippen molar-refractivity contribution in [2.24, 2.45) is 0 Å². The van der Waals surface area contributed by atoms with Crippen LogP contribution in [-0.2, 0) is 14.3 Å². The van der Waals surface area contributed by atoms with E-state index in [-0.39, 0.29) is 18.4 Å². The monoisotopic (exact) mass is 399 g/mol. The van der Waals surface area contributed by atoms with E-state index in [9.17, 15) is 9.59 Å². The third-order valence-electron chi connectivity index (χ3n) is 4.61. The molecule has 0 radical (unpaired) electrons. The van der Waals surface area contributed by atoms with Gasteiger partial charge >= 0.3 is 0 Å². The minimum atomic E-state index is 0.0222. The molecule has 2 amide bonds. The number of anilines is 1. The van der Waals surface area contributed by atoms with E-state index < -0.39 is 0 Å². The molecule has 26 heavy (non-hydrogen) atoms. The maximum absolute atomic E-state index is 12.0. The summed E-state index contributed by atoms with van der Waals surface area (Å²) in [5.41, 5.74) is 0. The van der Waals surface area contributed by atoms with E-state index in [1.165, 1.54) is 43.1 Å². The lowest BCUT2D eigenvalue weighted by Gasteiger charge is -2.34. The van der Waals surface area contributed by atoms with Gasteiger partial charge in [0.05, 0.1) is 5.75 Å². The van der Waals surface area contributed by atoms with Crippen LogP contribution in [0, 0.1) is 0 Å². The first-order valence-corrected chi connectivity index (χ1v) is 10.7. The van der Waals surface area contributed by atoms with Crippen molar-refractivity contribution in [2.45, 2.75) is 36.1 Å². The van der Waals surface area contributed by atoms with E-state index in [2.05, 4.69) is 20.4 Å². The fraction of sp³-hybridized carbons (Fsp3) is 0.750. The van der Waals surface area contributed by atoms with Gasteiger partial charge in [0.25, 0.3) is 0 Å². The van der Waals surface area contributed by atoms with Gasteiger partial charge < -0.3 is 19.9 Å². The molecule has 2 aliphatic rings. The molecule has 1 aliphatic heterocycles. The lowest BCUT2D eigenvalue weighted by Crippen LogP contribution is -2.49. The Balaban J connectivity index is 1.42. The van der Waals surface area contributed by atoms with E-state index >= 15 is 0 Å². The Hall–Kier alpha value is -1.39. The molecule has 0 spiro atoms. The van der Waals surface area contributed by atoms with E-state index in [0.29, 0.717) is 24.9 Å². The van der Waals surface area contributed by atoms with Crippen LogP contribution in [0.3, 0.4) is 0 Å². The van der Waals surface area contributed by atoms with Crippen LogP contribution >= 0.6 is 23.1 Å². The zero-order chi connectivity index (χ0) is 18.4. The number of amides is 2. The molecule has 0 unspecified atom stereocenters. The quantitative estimate of drug-likeness (QED) is 0.684. The summed E-state index contributed by atoms with van der Waals surface area (Å²) in [6, 6.07) is 0.352. The molecular weight excluding hydrogens is 374 g/mol. The van der Waals surface area contributed by atoms with Crippen molar-refractivity contribution in [3.05, 3.63) is 0 Å². The number of nitrogens with one attached hydrogen (secondary N) is 1. The maximum Gasteiger partial charge on any atom is 0.248 e. The lowest BCUT2D eigenvalue weighted by atomic mass is 10.2. The van der Waals surface area contributed by atoms with Crippen molar-refractivity contribution in [1.82, 2.24) is 20.4 Å². The SMILES string of the molecule is COCC(=O)N1CCN(c2nnc(SCC(=O)NC3CCCC3)s2)CC1. The minimum absolute atomic E-state index is 0.0222. The average molecular weight is 400 g/mol. The molecule has 0 aromatic carbocycles. The van der Waals surface area contributed by atoms with Gasteiger partial charge in [-0.1, -0.05) is 35.9 Å². The van der Waals surface area contributed by atoms with Crippen LogP contribution in [0.5, 0.6) is 0 Å². The number of aromatic nitrogens is 2. The Morgan fingerprint density at radius 3 is 2.65 bits per heavy atom. The molecule has 2 heterocycles. The van der Waals surface area contributed by atoms with Crippen LogP contribution in [0.25, 0.3) is 0 Å². The molecule has 1 saturated heterocycles. The Labute approximate surface area is 161 Å². The average Bonchev–Trinajstić information content (AvgIpc) is 3.32. The number of methoxy groups -OCH3 is 1. The van der Waals surface area contributed by atoms with Gasteiger partial charge in [-0.05, 0) is 12.8 Å². The first-order valence-electron chi connectivity index (χ1n) is 8.93. The van der Waals surface area contributed by atoms with E-state index in [1.807, 2.05) is 4.90 Å². The summed E-state index contributed by atoms with van der Waals surface area (Å²) >= 11 is 2.94. The number of hydrogen-bond acceptors (Lipinski definition) is 8. The van der Waals surface area contributed by atoms with E-state index in [0.717, 1.165) is 35.4 Å². The predicted octanol–water partition coefficient (Wildman–Crippen LogP) is 0.984. The number of carbonyl (C=O) groups is 2. The van der Waals surface area contributed by atoms with Crippen molar-refractivity contribution in [3.63, 3.8) is 0 Å². The molecule has 0 atom stereocenters. The molecule has 2 fully saturated rings. The first kappa shape index (κ1) is 19.4. The largest absolute Gasteiger partial charge is 0.375 e. The number of thioether (sulfide) groups is 1. The van der Waals surface area contributed by atoms with Crippen LogP contribution in [0.15, 0.2) is 4.34 Å². The maximum atomic E-state index is 12.0. The van der Waals surface area contributed by atoms with Gasteiger partial charge in [-0.3, -0.25) is 9.59 Å². The fourth-order valence-corrected chi connectivity index (χ4v) is 4.92. The highest BCUT2D eigenvalue weighted by molar-refractivity contribution is 8.01. The molecule has 1 aliphatic carbocycles. The summed E-state index contributed by atoms with van der Waals surface area (Å²) in [6.07, 6.45) is 4.61. The second-order valence-electron chi connectivity index (χ2n) is 6.49. The molecule has 10 heteroatoms. The molecule has 1 saturated carbocycles. The van der Waals surface area contributed by atoms with Crippen LogP contribution in [0.4, 0.5) is 5.13 Å². The highest BCUT2D eigenvalue weighted by Crippen LogP contribution is 2.28. The molecule has 8 nitrogen and oxygen atoms in total. The number of hydrogen-bond donors (Lipinski definition) is 1. The van der Waals surface area contributed by atoms with Crippen molar-refractivity contribution in [1.29, 1.82) is 0 Å². The number of nitrogens with zero attached hydrogens (tertiary/aromatic N) is 4. The molecule has 1 aromatic heterocycles. The topological polar surface area (TPSA) is 87.7 Å². The Morgan fingerprint density at radius 1 is 1.23 bits per heavy atom. The molecule has 3 rings (SSSR count). The minimum Gasteiger partial charge on any atom is -0.375 e. The fourth-order valence-electron chi connectivity index (χ4n) is 3.22. The van der Waals surface area contributed by atoms with Gasteiger partial charge in [0.1, 0.15) is 6.61 Å². The van der Waals surface area contributed by atoms with Gasteiger partial charge in [0.2, 0.25) is 16.9 Å². The van der Waals surface area contributed by atoms with Crippen molar-refractivity contribution < 1.29 is 14.3 Å². The first-order chi connectivity index (χ1) is 12.7. The van der Waals surface area contributed by atoms with Crippen LogP contribution in [0.2, 0.25) is 0 Å². The molecule has 0 bridgehead atoms. The number of piperazine rings is 1. The van der Waals surface area contributed by atoms with Crippen LogP contribution in [0.1, 0.15) is 25.7 Å². The third kappa shape index (κ3) is 5.31. The second kappa shape index (κ2) is 9.52. The smallest absolute Gasteiger partial charge is 0.248 e. The summed E-state index contributed by atoms with van der Waals surface area (Å²) < 4.78 is 5.70. The van der Waals surface area contributed by atoms with Gasteiger partial charge in [-0.25, -0.2) is 0 Å². The number of ether oxygens (including phenoxy) is 1. The summed E-state index contributed by atoms with van der Waals surface area (Å²) in [6.45, 7) is 2.92. The standard InChI is InChI=1S/C16H25N5O3S2/c1-24-10-14(23)20-6-8-21(9-7-20)15-18-19-16(26-15)25-11-13(22)17-12-4-2-3-5-12/h12H,2-11H2,1H3,(H,17,22). The highest BCUT2D eigenvalue weighted by atomic mass is 32.2. The Kier molecular flexibility index (Phi) is 7.09. The number of carbonyl (C=O) groups excluding carboxylic acids is 2. The van der Waals surface area contributed by atoms with Gasteiger partial charge in [0.15, 0.2) is 4.34 Å². The summed E-state index contributed by atoms with van der Waals surface area (Å²) in [4.78, 5) is 27.8. The lowest BCUT2D eigenvalue weighted by molar-refractivity contribution is -0.135. The summed E-state index contributed by atoms with van der Waals surface area (Å²) in [5, 5.41) is 12.4. The van der Waals surface area contributed by atoms with E-state index in [1.54, 1.807) is 0 Å². The number of rotatable bonds is 7. The second-order valence-corrected chi connectivity index (χ2v) is 8.67. The Bertz CT molecular complexity index is 613. The van der Waals surface area contributed by atoms with Gasteiger partial charge in [-0.15, -0.1) is 10.2 Å². The Morgan fingerprint density at radius 2 is 1.96 bits per heavy atom. The van der Waals surface area contributed by atoms with Gasteiger partial charge in [-0.2, -0.15) is 0 Å². The summed E-state index contributed by atoms with van der Waals surface area (Å²) in [7, 11) is 1.53.